The number of piperidine rings is 1. The Morgan fingerprint density at radius 3 is 2.46 bits per heavy atom. The first-order valence-electron chi connectivity index (χ1n) is 11.0. The van der Waals surface area contributed by atoms with Gasteiger partial charge in [-0.2, -0.15) is 0 Å². The van der Waals surface area contributed by atoms with Gasteiger partial charge in [0.1, 0.15) is 0 Å². The molecule has 1 saturated heterocycles. The van der Waals surface area contributed by atoms with Gasteiger partial charge in [0.25, 0.3) is 0 Å². The molecule has 0 radical (unpaired) electrons. The summed E-state index contributed by atoms with van der Waals surface area (Å²) in [5.74, 6) is 1.26. The van der Waals surface area contributed by atoms with Crippen LogP contribution in [0.3, 0.4) is 0 Å². The summed E-state index contributed by atoms with van der Waals surface area (Å²) < 4.78 is 0. The van der Waals surface area contributed by atoms with Crippen molar-refractivity contribution in [1.82, 2.24) is 10.2 Å². The van der Waals surface area contributed by atoms with E-state index in [2.05, 4.69) is 10.6 Å². The maximum atomic E-state index is 12.5. The lowest BCUT2D eigenvalue weighted by molar-refractivity contribution is -0.121. The van der Waals surface area contributed by atoms with E-state index in [1.54, 1.807) is 0 Å². The number of carbonyl (C=O) groups is 2. The van der Waals surface area contributed by atoms with Crippen LogP contribution in [0.15, 0.2) is 24.3 Å². The van der Waals surface area contributed by atoms with Gasteiger partial charge in [0, 0.05) is 31.7 Å². The average molecular weight is 386 g/mol. The molecule has 2 N–H and O–H groups in total. The molecule has 28 heavy (non-hydrogen) atoms. The average Bonchev–Trinajstić information content (AvgIpc) is 2.73. The summed E-state index contributed by atoms with van der Waals surface area (Å²) in [5, 5.41) is 6.12. The number of nitrogens with one attached hydrogen (secondary N) is 2. The zero-order valence-electron chi connectivity index (χ0n) is 17.2. The number of amides is 3. The predicted molar refractivity (Wildman–Crippen MR) is 113 cm³/mol. The van der Waals surface area contributed by atoms with Gasteiger partial charge in [0.2, 0.25) is 5.91 Å². The molecule has 0 unspecified atom stereocenters. The highest BCUT2D eigenvalue weighted by molar-refractivity contribution is 5.89. The molecular formula is C23H35N3O2. The van der Waals surface area contributed by atoms with Crippen LogP contribution in [-0.2, 0) is 4.79 Å². The summed E-state index contributed by atoms with van der Waals surface area (Å²) >= 11 is 0. The monoisotopic (exact) mass is 385 g/mol. The van der Waals surface area contributed by atoms with Gasteiger partial charge in [0.05, 0.1) is 0 Å². The summed E-state index contributed by atoms with van der Waals surface area (Å²) in [6.07, 6.45) is 10.0. The third kappa shape index (κ3) is 6.54. The number of benzene rings is 1. The van der Waals surface area contributed by atoms with Crippen molar-refractivity contribution in [2.24, 2.45) is 11.8 Å². The summed E-state index contributed by atoms with van der Waals surface area (Å²) in [6, 6.07) is 7.84. The minimum Gasteiger partial charge on any atom is -0.356 e. The van der Waals surface area contributed by atoms with E-state index in [-0.39, 0.29) is 11.9 Å². The van der Waals surface area contributed by atoms with Gasteiger partial charge in [-0.1, -0.05) is 37.0 Å². The number of hydrogen-bond donors (Lipinski definition) is 2. The second-order valence-corrected chi connectivity index (χ2v) is 8.60. The molecule has 1 heterocycles. The standard InChI is InChI=1S/C23H35N3O2/c1-18-9-12-21(13-10-18)25-23(28)26-15-5-8-20(17-26)11-14-22(27)24-16-19-6-3-2-4-7-19/h9-10,12-13,19-20H,2-8,11,14-17H2,1H3,(H,24,27)(H,25,28)/t20-/m0/s1. The minimum atomic E-state index is -0.0321. The maximum Gasteiger partial charge on any atom is 0.321 e. The Hall–Kier alpha value is -2.04. The molecule has 1 aromatic rings. The van der Waals surface area contributed by atoms with Crippen molar-refractivity contribution in [2.45, 2.75) is 64.7 Å². The molecule has 1 atom stereocenters. The van der Waals surface area contributed by atoms with Gasteiger partial charge in [-0.25, -0.2) is 4.79 Å². The topological polar surface area (TPSA) is 61.4 Å². The Balaban J connectivity index is 1.37. The predicted octanol–water partition coefficient (Wildman–Crippen LogP) is 4.72. The Bertz CT molecular complexity index is 638. The summed E-state index contributed by atoms with van der Waals surface area (Å²) in [7, 11) is 0. The number of aryl methyl sites for hydroxylation is 1. The zero-order valence-corrected chi connectivity index (χ0v) is 17.2. The fraction of sp³-hybridized carbons (Fsp3) is 0.652. The number of likely N-dealkylation sites (tertiary alicyclic amines) is 1. The Labute approximate surface area is 169 Å². The fourth-order valence-electron chi connectivity index (χ4n) is 4.40. The van der Waals surface area contributed by atoms with Gasteiger partial charge in [-0.05, 0) is 63.0 Å². The molecule has 0 bridgehead atoms. The van der Waals surface area contributed by atoms with Crippen LogP contribution < -0.4 is 10.6 Å². The van der Waals surface area contributed by atoms with E-state index in [9.17, 15) is 9.59 Å². The quantitative estimate of drug-likeness (QED) is 0.744. The maximum absolute atomic E-state index is 12.5. The summed E-state index contributed by atoms with van der Waals surface area (Å²) in [5.41, 5.74) is 2.01. The molecule has 5 nitrogen and oxygen atoms in total. The normalized spacial score (nSPS) is 20.6. The minimum absolute atomic E-state index is 0.0321. The lowest BCUT2D eigenvalue weighted by atomic mass is 9.89. The molecule has 1 aliphatic heterocycles. The molecule has 3 rings (SSSR count). The van der Waals surface area contributed by atoms with Crippen molar-refractivity contribution in [2.75, 3.05) is 25.0 Å². The van der Waals surface area contributed by atoms with E-state index in [0.29, 0.717) is 18.3 Å². The van der Waals surface area contributed by atoms with Crippen LogP contribution in [0.1, 0.15) is 63.4 Å². The third-order valence-electron chi connectivity index (χ3n) is 6.20. The van der Waals surface area contributed by atoms with Crippen LogP contribution in [0.2, 0.25) is 0 Å². The number of anilines is 1. The Morgan fingerprint density at radius 1 is 1.00 bits per heavy atom. The second-order valence-electron chi connectivity index (χ2n) is 8.60. The van der Waals surface area contributed by atoms with E-state index in [1.807, 2.05) is 36.1 Å². The van der Waals surface area contributed by atoms with E-state index in [4.69, 9.17) is 0 Å². The molecule has 1 saturated carbocycles. The highest BCUT2D eigenvalue weighted by atomic mass is 16.2. The molecule has 1 aliphatic carbocycles. The summed E-state index contributed by atoms with van der Waals surface area (Å²) in [6.45, 7) is 4.41. The molecule has 0 aromatic heterocycles. The number of urea groups is 1. The van der Waals surface area contributed by atoms with Crippen LogP contribution in [0, 0.1) is 18.8 Å². The Kier molecular flexibility index (Phi) is 7.75. The fourth-order valence-corrected chi connectivity index (χ4v) is 4.40. The molecule has 1 aromatic carbocycles. The van der Waals surface area contributed by atoms with E-state index < -0.39 is 0 Å². The first-order valence-corrected chi connectivity index (χ1v) is 11.0. The number of rotatable bonds is 6. The van der Waals surface area contributed by atoms with Gasteiger partial charge >= 0.3 is 6.03 Å². The van der Waals surface area contributed by atoms with Gasteiger partial charge in [0.15, 0.2) is 0 Å². The van der Waals surface area contributed by atoms with Crippen molar-refractivity contribution >= 4 is 17.6 Å². The smallest absolute Gasteiger partial charge is 0.321 e. The third-order valence-corrected chi connectivity index (χ3v) is 6.20. The van der Waals surface area contributed by atoms with Crippen LogP contribution >= 0.6 is 0 Å². The second kappa shape index (κ2) is 10.5. The molecule has 154 valence electrons. The first-order chi connectivity index (χ1) is 13.6. The number of carbonyl (C=O) groups excluding carboxylic acids is 2. The van der Waals surface area contributed by atoms with Crippen LogP contribution in [-0.4, -0.2) is 36.5 Å². The Morgan fingerprint density at radius 2 is 1.71 bits per heavy atom. The molecule has 0 spiro atoms. The van der Waals surface area contributed by atoms with Gasteiger partial charge < -0.3 is 15.5 Å². The van der Waals surface area contributed by atoms with Gasteiger partial charge in [-0.3, -0.25) is 4.79 Å². The molecule has 2 aliphatic rings. The van der Waals surface area contributed by atoms with E-state index in [0.717, 1.165) is 44.6 Å². The van der Waals surface area contributed by atoms with E-state index in [1.165, 1.54) is 37.7 Å². The van der Waals surface area contributed by atoms with Gasteiger partial charge in [-0.15, -0.1) is 0 Å². The lowest BCUT2D eigenvalue weighted by Crippen LogP contribution is -2.42. The highest BCUT2D eigenvalue weighted by Crippen LogP contribution is 2.24. The molecule has 2 fully saturated rings. The molecule has 5 heteroatoms. The summed E-state index contributed by atoms with van der Waals surface area (Å²) in [4.78, 5) is 26.7. The SMILES string of the molecule is Cc1ccc(NC(=O)N2CCC[C@@H](CCC(=O)NCC3CCCCC3)C2)cc1. The van der Waals surface area contributed by atoms with Crippen molar-refractivity contribution in [1.29, 1.82) is 0 Å². The first kappa shape index (κ1) is 20.7. The highest BCUT2D eigenvalue weighted by Gasteiger charge is 2.24. The van der Waals surface area contributed by atoms with E-state index >= 15 is 0 Å². The van der Waals surface area contributed by atoms with Crippen LogP contribution in [0.25, 0.3) is 0 Å². The van der Waals surface area contributed by atoms with Crippen molar-refractivity contribution in [3.8, 4) is 0 Å². The molecular weight excluding hydrogens is 350 g/mol. The zero-order chi connectivity index (χ0) is 19.8. The number of nitrogens with zero attached hydrogens (tertiary/aromatic N) is 1. The number of hydrogen-bond acceptors (Lipinski definition) is 2. The van der Waals surface area contributed by atoms with Crippen LogP contribution in [0.4, 0.5) is 10.5 Å². The van der Waals surface area contributed by atoms with Crippen LogP contribution in [0.5, 0.6) is 0 Å². The van der Waals surface area contributed by atoms with Crippen molar-refractivity contribution in [3.05, 3.63) is 29.8 Å². The largest absolute Gasteiger partial charge is 0.356 e. The lowest BCUT2D eigenvalue weighted by Gasteiger charge is -2.32. The van der Waals surface area contributed by atoms with Crippen molar-refractivity contribution in [3.63, 3.8) is 0 Å². The molecule has 3 amide bonds. The van der Waals surface area contributed by atoms with Crippen molar-refractivity contribution < 1.29 is 9.59 Å².